The fourth-order valence-electron chi connectivity index (χ4n) is 4.57. The quantitative estimate of drug-likeness (QED) is 0.561. The van der Waals surface area contributed by atoms with Gasteiger partial charge in [0, 0.05) is 49.1 Å². The average molecular weight is 449 g/mol. The molecule has 32 heavy (non-hydrogen) atoms. The molecule has 1 amide bonds. The van der Waals surface area contributed by atoms with Crippen molar-refractivity contribution in [3.05, 3.63) is 70.4 Å². The summed E-state index contributed by atoms with van der Waals surface area (Å²) in [7, 11) is 0. The molecule has 2 aliphatic heterocycles. The van der Waals surface area contributed by atoms with Crippen molar-refractivity contribution in [1.82, 2.24) is 19.9 Å². The fraction of sp³-hybridized carbons (Fsp3) is 0.320. The number of amides is 1. The van der Waals surface area contributed by atoms with Crippen LogP contribution in [0, 0.1) is 6.92 Å². The maximum Gasteiger partial charge on any atom is 0.219 e. The number of aromatic nitrogens is 3. The number of benzene rings is 2. The van der Waals surface area contributed by atoms with Gasteiger partial charge in [0.2, 0.25) is 5.91 Å². The molecule has 0 saturated carbocycles. The van der Waals surface area contributed by atoms with E-state index in [4.69, 9.17) is 16.3 Å². The lowest BCUT2D eigenvalue weighted by atomic mass is 9.91. The number of hydrogen-bond donors (Lipinski definition) is 0. The van der Waals surface area contributed by atoms with E-state index in [0.717, 1.165) is 54.2 Å². The Morgan fingerprint density at radius 1 is 1.19 bits per heavy atom. The van der Waals surface area contributed by atoms with Crippen LogP contribution in [0.3, 0.4) is 0 Å². The van der Waals surface area contributed by atoms with Gasteiger partial charge in [-0.25, -0.2) is 4.68 Å². The predicted molar refractivity (Wildman–Crippen MR) is 124 cm³/mol. The molecule has 0 bridgehead atoms. The second-order valence-electron chi connectivity index (χ2n) is 8.35. The first-order valence-corrected chi connectivity index (χ1v) is 11.3. The summed E-state index contributed by atoms with van der Waals surface area (Å²) in [6.45, 7) is 5.74. The smallest absolute Gasteiger partial charge is 0.219 e. The summed E-state index contributed by atoms with van der Waals surface area (Å²) in [5.74, 6) is 0.871. The van der Waals surface area contributed by atoms with Crippen LogP contribution in [0.1, 0.15) is 42.7 Å². The van der Waals surface area contributed by atoms with Gasteiger partial charge < -0.3 is 9.64 Å². The number of carbonyl (C=O) groups excluding carboxylic acids is 1. The zero-order chi connectivity index (χ0) is 22.2. The van der Waals surface area contributed by atoms with Crippen LogP contribution in [0.15, 0.2) is 48.5 Å². The van der Waals surface area contributed by atoms with Gasteiger partial charge in [-0.3, -0.25) is 4.79 Å². The second kappa shape index (κ2) is 8.43. The van der Waals surface area contributed by atoms with Crippen molar-refractivity contribution in [3.8, 4) is 17.0 Å². The maximum absolute atomic E-state index is 11.7. The maximum atomic E-state index is 11.7. The Kier molecular flexibility index (Phi) is 5.47. The highest BCUT2D eigenvalue weighted by Gasteiger charge is 2.27. The van der Waals surface area contributed by atoms with Gasteiger partial charge in [0.1, 0.15) is 11.9 Å². The van der Waals surface area contributed by atoms with Gasteiger partial charge in [-0.2, -0.15) is 0 Å². The van der Waals surface area contributed by atoms with Crippen molar-refractivity contribution in [2.45, 2.75) is 39.3 Å². The molecule has 0 aliphatic carbocycles. The Balaban J connectivity index is 1.55. The van der Waals surface area contributed by atoms with E-state index in [2.05, 4.69) is 34.6 Å². The number of ether oxygens (including phenoxy) is 1. The molecular weight excluding hydrogens is 424 g/mol. The number of carbonyl (C=O) groups is 1. The number of hydrogen-bond acceptors (Lipinski definition) is 4. The molecule has 7 heteroatoms. The number of nitrogens with zero attached hydrogens (tertiary/aromatic N) is 4. The SMILES string of the molecule is CC(=O)N1CC=C(c2ccc3c(c2)C(Oc2cccc(Cl)c2)CCn2nnc(C)c2-3)CC1. The summed E-state index contributed by atoms with van der Waals surface area (Å²) in [6, 6.07) is 14.1. The fourth-order valence-corrected chi connectivity index (χ4v) is 4.75. The van der Waals surface area contributed by atoms with Gasteiger partial charge in [0.25, 0.3) is 0 Å². The van der Waals surface area contributed by atoms with E-state index in [0.29, 0.717) is 11.6 Å². The molecule has 5 rings (SSSR count). The third-order valence-electron chi connectivity index (χ3n) is 6.26. The van der Waals surface area contributed by atoms with Gasteiger partial charge in [-0.05, 0) is 48.7 Å². The summed E-state index contributed by atoms with van der Waals surface area (Å²) in [5, 5.41) is 9.30. The van der Waals surface area contributed by atoms with Crippen LogP contribution in [-0.4, -0.2) is 38.9 Å². The Morgan fingerprint density at radius 3 is 2.81 bits per heavy atom. The molecule has 0 radical (unpaired) electrons. The lowest BCUT2D eigenvalue weighted by Gasteiger charge is -2.26. The highest BCUT2D eigenvalue weighted by atomic mass is 35.5. The number of halogens is 1. The van der Waals surface area contributed by atoms with Gasteiger partial charge in [-0.15, -0.1) is 5.10 Å². The molecule has 1 atom stereocenters. The zero-order valence-electron chi connectivity index (χ0n) is 18.2. The van der Waals surface area contributed by atoms with E-state index in [-0.39, 0.29) is 12.0 Å². The van der Waals surface area contributed by atoms with Gasteiger partial charge in [0.05, 0.1) is 11.4 Å². The standard InChI is InChI=1S/C25H25ClN4O2/c1-16-25-22-7-6-19(18-8-11-29(12-9-18)17(2)31)14-23(22)24(10-13-30(25)28-27-16)32-21-5-3-4-20(26)15-21/h3-8,14-15,24H,9-13H2,1-2H3. The molecule has 1 unspecified atom stereocenters. The minimum absolute atomic E-state index is 0.119. The molecule has 6 nitrogen and oxygen atoms in total. The molecule has 3 heterocycles. The van der Waals surface area contributed by atoms with Gasteiger partial charge in [-0.1, -0.05) is 41.1 Å². The van der Waals surface area contributed by atoms with E-state index in [1.54, 1.807) is 6.92 Å². The van der Waals surface area contributed by atoms with E-state index in [1.807, 2.05) is 40.8 Å². The Morgan fingerprint density at radius 2 is 2.06 bits per heavy atom. The minimum atomic E-state index is -0.137. The van der Waals surface area contributed by atoms with Gasteiger partial charge >= 0.3 is 0 Å². The molecule has 0 fully saturated rings. The third kappa shape index (κ3) is 3.91. The molecular formula is C25H25ClN4O2. The average Bonchev–Trinajstić information content (AvgIpc) is 3.08. The highest BCUT2D eigenvalue weighted by molar-refractivity contribution is 6.30. The Bertz CT molecular complexity index is 1220. The molecule has 3 aromatic rings. The van der Waals surface area contributed by atoms with Crippen molar-refractivity contribution < 1.29 is 9.53 Å². The number of aryl methyl sites for hydroxylation is 2. The first-order valence-electron chi connectivity index (χ1n) is 10.9. The largest absolute Gasteiger partial charge is 0.486 e. The summed E-state index contributed by atoms with van der Waals surface area (Å²) in [6.07, 6.45) is 3.64. The van der Waals surface area contributed by atoms with Crippen molar-refractivity contribution in [3.63, 3.8) is 0 Å². The van der Waals surface area contributed by atoms with Crippen molar-refractivity contribution in [2.75, 3.05) is 13.1 Å². The molecule has 2 aliphatic rings. The first kappa shape index (κ1) is 20.8. The first-order chi connectivity index (χ1) is 15.5. The van der Waals surface area contributed by atoms with E-state index in [9.17, 15) is 4.79 Å². The van der Waals surface area contributed by atoms with E-state index >= 15 is 0 Å². The number of fused-ring (bicyclic) bond motifs is 3. The van der Waals surface area contributed by atoms with Crippen LogP contribution in [0.25, 0.3) is 16.8 Å². The topological polar surface area (TPSA) is 60.2 Å². The summed E-state index contributed by atoms with van der Waals surface area (Å²) in [4.78, 5) is 13.6. The zero-order valence-corrected chi connectivity index (χ0v) is 19.0. The van der Waals surface area contributed by atoms with Crippen LogP contribution in [0.2, 0.25) is 5.02 Å². The van der Waals surface area contributed by atoms with Crippen LogP contribution < -0.4 is 4.74 Å². The molecule has 0 spiro atoms. The number of rotatable bonds is 3. The molecule has 0 saturated heterocycles. The van der Waals surface area contributed by atoms with E-state index < -0.39 is 0 Å². The van der Waals surface area contributed by atoms with Crippen molar-refractivity contribution in [1.29, 1.82) is 0 Å². The normalized spacial score (nSPS) is 17.8. The minimum Gasteiger partial charge on any atom is -0.486 e. The molecule has 1 aromatic heterocycles. The summed E-state index contributed by atoms with van der Waals surface area (Å²) in [5.41, 5.74) is 6.62. The predicted octanol–water partition coefficient (Wildman–Crippen LogP) is 5.07. The molecule has 0 N–H and O–H groups in total. The second-order valence-corrected chi connectivity index (χ2v) is 8.78. The van der Waals surface area contributed by atoms with Crippen LogP contribution >= 0.6 is 11.6 Å². The highest BCUT2D eigenvalue weighted by Crippen LogP contribution is 2.39. The van der Waals surface area contributed by atoms with Crippen molar-refractivity contribution >= 4 is 23.1 Å². The monoisotopic (exact) mass is 448 g/mol. The van der Waals surface area contributed by atoms with Crippen LogP contribution in [0.4, 0.5) is 0 Å². The third-order valence-corrected chi connectivity index (χ3v) is 6.49. The van der Waals surface area contributed by atoms with Crippen LogP contribution in [-0.2, 0) is 11.3 Å². The Hall–Kier alpha value is -3.12. The lowest BCUT2D eigenvalue weighted by molar-refractivity contribution is -0.128. The summed E-state index contributed by atoms with van der Waals surface area (Å²) >= 11 is 6.19. The van der Waals surface area contributed by atoms with Crippen LogP contribution in [0.5, 0.6) is 5.75 Å². The summed E-state index contributed by atoms with van der Waals surface area (Å²) < 4.78 is 8.43. The van der Waals surface area contributed by atoms with Crippen molar-refractivity contribution in [2.24, 2.45) is 0 Å². The van der Waals surface area contributed by atoms with Gasteiger partial charge in [0.15, 0.2) is 0 Å². The Labute approximate surface area is 192 Å². The lowest BCUT2D eigenvalue weighted by Crippen LogP contribution is -2.32. The molecule has 164 valence electrons. The van der Waals surface area contributed by atoms with E-state index in [1.165, 1.54) is 11.1 Å². The molecule has 2 aromatic carbocycles.